The lowest BCUT2D eigenvalue weighted by atomic mass is 9.53. The van der Waals surface area contributed by atoms with Crippen molar-refractivity contribution in [1.82, 2.24) is 4.67 Å². The van der Waals surface area contributed by atoms with Crippen LogP contribution in [0.3, 0.4) is 0 Å². The van der Waals surface area contributed by atoms with Gasteiger partial charge >= 0.3 is 0 Å². The fourth-order valence-corrected chi connectivity index (χ4v) is 12.0. The first-order valence-corrected chi connectivity index (χ1v) is 17.8. The second kappa shape index (κ2) is 12.2. The molecule has 10 unspecified atom stereocenters. The molecule has 0 radical (unpaired) electrons. The maximum atomic E-state index is 7.45. The van der Waals surface area contributed by atoms with Crippen molar-refractivity contribution in [3.05, 3.63) is 71.8 Å². The van der Waals surface area contributed by atoms with Gasteiger partial charge in [0.2, 0.25) is 0 Å². The van der Waals surface area contributed by atoms with Crippen molar-refractivity contribution in [3.8, 4) is 0 Å². The van der Waals surface area contributed by atoms with E-state index < -0.39 is 8.53 Å². The highest BCUT2D eigenvalue weighted by Gasteiger charge is 2.56. The summed E-state index contributed by atoms with van der Waals surface area (Å²) in [4.78, 5) is 0. The third-order valence-electron chi connectivity index (χ3n) is 11.9. The van der Waals surface area contributed by atoms with Crippen molar-refractivity contribution in [3.63, 3.8) is 0 Å². The SMILES string of the molecule is CC(c1ccccc1)N(C(C)c1ccccc1)P1OC2CCC3CCCCC3C2C2C(CCC3CCCCC32)O1. The van der Waals surface area contributed by atoms with E-state index in [9.17, 15) is 0 Å². The Balaban J connectivity index is 1.27. The average molecular weight is 560 g/mol. The van der Waals surface area contributed by atoms with Crippen molar-refractivity contribution in [2.24, 2.45) is 35.5 Å². The molecule has 0 amide bonds. The Hall–Kier alpha value is -1.25. The maximum absolute atomic E-state index is 7.45. The van der Waals surface area contributed by atoms with Crippen LogP contribution in [0.1, 0.15) is 114 Å². The Morgan fingerprint density at radius 3 is 1.45 bits per heavy atom. The van der Waals surface area contributed by atoms with Crippen LogP contribution in [-0.4, -0.2) is 16.9 Å². The van der Waals surface area contributed by atoms with Crippen LogP contribution in [0.5, 0.6) is 0 Å². The van der Waals surface area contributed by atoms with E-state index in [4.69, 9.17) is 9.05 Å². The van der Waals surface area contributed by atoms with E-state index in [2.05, 4.69) is 79.2 Å². The standard InChI is InChI=1S/C36H50NO2P/c1-25(27-13-5-3-6-14-27)37(26(2)28-15-7-4-8-16-28)40-38-33-23-21-29-17-9-11-19-31(29)35(33)36-32-20-12-10-18-30(32)22-24-34(36)39-40/h3-8,13-16,25-26,29-36H,9-12,17-24H2,1-2H3. The smallest absolute Gasteiger partial charge is 0.260 e. The zero-order valence-corrected chi connectivity index (χ0v) is 25.6. The van der Waals surface area contributed by atoms with Gasteiger partial charge in [-0.1, -0.05) is 99.2 Å². The normalized spacial score (nSPS) is 39.1. The van der Waals surface area contributed by atoms with Gasteiger partial charge in [0.15, 0.2) is 0 Å². The zero-order chi connectivity index (χ0) is 27.1. The third-order valence-corrected chi connectivity index (χ3v) is 13.8. The van der Waals surface area contributed by atoms with E-state index in [1.54, 1.807) is 0 Å². The van der Waals surface area contributed by atoms with Gasteiger partial charge in [0.25, 0.3) is 8.53 Å². The van der Waals surface area contributed by atoms with E-state index in [0.29, 0.717) is 24.0 Å². The van der Waals surface area contributed by atoms with Crippen LogP contribution in [0.15, 0.2) is 60.7 Å². The molecule has 0 aromatic heterocycles. The Bertz CT molecular complexity index is 1010. The Kier molecular flexibility index (Phi) is 8.38. The first kappa shape index (κ1) is 27.6. The molecular weight excluding hydrogens is 509 g/mol. The van der Waals surface area contributed by atoms with Gasteiger partial charge in [0.1, 0.15) is 0 Å². The van der Waals surface area contributed by atoms with Gasteiger partial charge in [-0.25, -0.2) is 4.67 Å². The minimum atomic E-state index is -1.19. The van der Waals surface area contributed by atoms with Gasteiger partial charge in [0, 0.05) is 12.1 Å². The van der Waals surface area contributed by atoms with E-state index in [1.807, 2.05) is 0 Å². The molecular formula is C36H50NO2P. The van der Waals surface area contributed by atoms with Gasteiger partial charge in [-0.2, -0.15) is 0 Å². The van der Waals surface area contributed by atoms with Crippen molar-refractivity contribution in [2.75, 3.05) is 0 Å². The van der Waals surface area contributed by atoms with Crippen molar-refractivity contribution < 1.29 is 9.05 Å². The van der Waals surface area contributed by atoms with Crippen LogP contribution in [-0.2, 0) is 9.05 Å². The fraction of sp³-hybridized carbons (Fsp3) is 0.667. The van der Waals surface area contributed by atoms with Crippen molar-refractivity contribution >= 4 is 8.53 Å². The molecule has 0 bridgehead atoms. The summed E-state index contributed by atoms with van der Waals surface area (Å²) in [7, 11) is -1.19. The van der Waals surface area contributed by atoms with Crippen LogP contribution < -0.4 is 0 Å². The van der Waals surface area contributed by atoms with Crippen LogP contribution >= 0.6 is 8.53 Å². The highest BCUT2D eigenvalue weighted by atomic mass is 31.2. The van der Waals surface area contributed by atoms with Crippen molar-refractivity contribution in [1.29, 1.82) is 0 Å². The summed E-state index contributed by atoms with van der Waals surface area (Å²) >= 11 is 0. The first-order valence-electron chi connectivity index (χ1n) is 16.7. The third kappa shape index (κ3) is 5.23. The molecule has 0 spiro atoms. The lowest BCUT2D eigenvalue weighted by Crippen LogP contribution is -2.51. The maximum Gasteiger partial charge on any atom is 0.260 e. The number of nitrogens with zero attached hydrogens (tertiary/aromatic N) is 1. The number of fused-ring (bicyclic) bond motifs is 7. The van der Waals surface area contributed by atoms with Crippen LogP contribution in [0.4, 0.5) is 0 Å². The largest absolute Gasteiger partial charge is 0.318 e. The van der Waals surface area contributed by atoms with E-state index in [0.717, 1.165) is 23.7 Å². The highest BCUT2D eigenvalue weighted by molar-refractivity contribution is 7.44. The molecule has 4 saturated carbocycles. The molecule has 1 aliphatic heterocycles. The topological polar surface area (TPSA) is 21.7 Å². The summed E-state index contributed by atoms with van der Waals surface area (Å²) in [6.07, 6.45) is 17.4. The Morgan fingerprint density at radius 1 is 0.575 bits per heavy atom. The minimum Gasteiger partial charge on any atom is -0.318 e. The number of hydrogen-bond donors (Lipinski definition) is 0. The van der Waals surface area contributed by atoms with Gasteiger partial charge in [0.05, 0.1) is 12.2 Å². The average Bonchev–Trinajstić information content (AvgIpc) is 3.19. The number of hydrogen-bond acceptors (Lipinski definition) is 3. The molecule has 4 heteroatoms. The van der Waals surface area contributed by atoms with Crippen molar-refractivity contribution in [2.45, 2.75) is 115 Å². The molecule has 0 N–H and O–H groups in total. The number of benzene rings is 2. The molecule has 216 valence electrons. The van der Waals surface area contributed by atoms with Gasteiger partial charge < -0.3 is 9.05 Å². The molecule has 1 saturated heterocycles. The molecule has 40 heavy (non-hydrogen) atoms. The van der Waals surface area contributed by atoms with Gasteiger partial charge in [-0.3, -0.25) is 0 Å². The van der Waals surface area contributed by atoms with E-state index in [-0.39, 0.29) is 12.1 Å². The molecule has 5 fully saturated rings. The Morgan fingerprint density at radius 2 is 1.00 bits per heavy atom. The summed E-state index contributed by atoms with van der Waals surface area (Å²) < 4.78 is 17.5. The van der Waals surface area contributed by atoms with E-state index >= 15 is 0 Å². The van der Waals surface area contributed by atoms with Gasteiger partial charge in [-0.05, 0) is 99.0 Å². The second-order valence-corrected chi connectivity index (χ2v) is 15.2. The van der Waals surface area contributed by atoms with Crippen LogP contribution in [0, 0.1) is 35.5 Å². The zero-order valence-electron chi connectivity index (χ0n) is 24.7. The molecule has 10 atom stereocenters. The Labute approximate surface area is 244 Å². The highest BCUT2D eigenvalue weighted by Crippen LogP contribution is 2.64. The van der Waals surface area contributed by atoms with Crippen LogP contribution in [0.2, 0.25) is 0 Å². The summed E-state index contributed by atoms with van der Waals surface area (Å²) in [5.74, 6) is 4.95. The molecule has 5 aliphatic rings. The molecule has 4 aliphatic carbocycles. The molecule has 2 aromatic rings. The quantitative estimate of drug-likeness (QED) is 0.340. The summed E-state index contributed by atoms with van der Waals surface area (Å²) in [6.45, 7) is 4.75. The predicted molar refractivity (Wildman–Crippen MR) is 165 cm³/mol. The summed E-state index contributed by atoms with van der Waals surface area (Å²) in [5.41, 5.74) is 2.70. The number of rotatable bonds is 5. The fourth-order valence-electron chi connectivity index (χ4n) is 9.96. The lowest BCUT2D eigenvalue weighted by molar-refractivity contribution is -0.0856. The molecule has 7 rings (SSSR count). The second-order valence-electron chi connectivity index (χ2n) is 13.8. The molecule has 3 nitrogen and oxygen atoms in total. The minimum absolute atomic E-state index is 0.217. The van der Waals surface area contributed by atoms with E-state index in [1.165, 1.54) is 88.2 Å². The molecule has 1 heterocycles. The lowest BCUT2D eigenvalue weighted by Gasteiger charge is -2.53. The summed E-state index contributed by atoms with van der Waals surface area (Å²) in [6, 6.07) is 22.6. The predicted octanol–water partition coefficient (Wildman–Crippen LogP) is 10.3. The summed E-state index contributed by atoms with van der Waals surface area (Å²) in [5, 5.41) is 0. The first-order chi connectivity index (χ1) is 19.7. The van der Waals surface area contributed by atoms with Crippen LogP contribution in [0.25, 0.3) is 0 Å². The molecule has 2 aromatic carbocycles. The van der Waals surface area contributed by atoms with Gasteiger partial charge in [-0.15, -0.1) is 0 Å². The monoisotopic (exact) mass is 559 g/mol.